The second kappa shape index (κ2) is 9.73. The van der Waals surface area contributed by atoms with Crippen LogP contribution in [-0.4, -0.2) is 18.4 Å². The molecule has 35 heavy (non-hydrogen) atoms. The van der Waals surface area contributed by atoms with E-state index in [0.29, 0.717) is 17.9 Å². The fourth-order valence-electron chi connectivity index (χ4n) is 4.44. The van der Waals surface area contributed by atoms with Crippen molar-refractivity contribution in [2.24, 2.45) is 5.73 Å². The number of carbonyl (C=O) groups excluding carboxylic acids is 2. The monoisotopic (exact) mass is 463 g/mol. The number of benzene rings is 4. The maximum atomic E-state index is 13.9. The highest BCUT2D eigenvalue weighted by Gasteiger charge is 2.39. The Bertz CT molecular complexity index is 1320. The van der Waals surface area contributed by atoms with Crippen LogP contribution in [0.15, 0.2) is 109 Å². The summed E-state index contributed by atoms with van der Waals surface area (Å²) < 4.78 is 5.45. The van der Waals surface area contributed by atoms with E-state index in [-0.39, 0.29) is 12.5 Å². The number of fused-ring (bicyclic) bond motifs is 1. The number of carbonyl (C=O) groups is 2. The highest BCUT2D eigenvalue weighted by molar-refractivity contribution is 6.12. The van der Waals surface area contributed by atoms with Crippen molar-refractivity contribution in [3.63, 3.8) is 0 Å². The number of nitrogens with two attached hydrogens (primary N) is 1. The van der Waals surface area contributed by atoms with Gasteiger partial charge in [0.25, 0.3) is 11.8 Å². The molecule has 5 rings (SSSR count). The van der Waals surface area contributed by atoms with Crippen LogP contribution in [-0.2, 0) is 11.3 Å². The van der Waals surface area contributed by atoms with Gasteiger partial charge in [0.1, 0.15) is 11.9 Å². The highest BCUT2D eigenvalue weighted by Crippen LogP contribution is 2.42. The number of anilines is 2. The summed E-state index contributed by atoms with van der Waals surface area (Å²) in [6.07, 6.45) is -0.398. The van der Waals surface area contributed by atoms with E-state index < -0.39 is 12.1 Å². The third-order valence-corrected chi connectivity index (χ3v) is 5.99. The lowest BCUT2D eigenvalue weighted by Crippen LogP contribution is -2.49. The van der Waals surface area contributed by atoms with Crippen molar-refractivity contribution < 1.29 is 14.3 Å². The summed E-state index contributed by atoms with van der Waals surface area (Å²) in [5, 5.41) is 0. The zero-order valence-corrected chi connectivity index (χ0v) is 19.1. The molecule has 0 aliphatic carbocycles. The molecule has 1 atom stereocenters. The Labute approximate surface area is 204 Å². The molecule has 0 bridgehead atoms. The first-order valence-electron chi connectivity index (χ1n) is 11.4. The molecular weight excluding hydrogens is 438 g/mol. The van der Waals surface area contributed by atoms with Crippen molar-refractivity contribution in [3.05, 3.63) is 126 Å². The molecule has 0 radical (unpaired) electrons. The lowest BCUT2D eigenvalue weighted by atomic mass is 9.99. The average Bonchev–Trinajstić information content (AvgIpc) is 2.90. The van der Waals surface area contributed by atoms with Crippen molar-refractivity contribution in [3.8, 4) is 5.75 Å². The quantitative estimate of drug-likeness (QED) is 0.422. The minimum atomic E-state index is -0.534. The summed E-state index contributed by atoms with van der Waals surface area (Å²) >= 11 is 0. The molecule has 174 valence electrons. The Hall–Kier alpha value is -4.58. The number of nitrogens with zero attached hydrogens (tertiary/aromatic N) is 2. The third-order valence-electron chi connectivity index (χ3n) is 5.99. The summed E-state index contributed by atoms with van der Waals surface area (Å²) in [7, 11) is 0. The SMILES string of the molecule is NC(=O)COc1ccc([C@@H]2N(Cc3ccccc3)c3ccccc3C(=O)N2c2ccccc2)cc1. The molecule has 2 amide bonds. The summed E-state index contributed by atoms with van der Waals surface area (Å²) in [5.41, 5.74) is 9.61. The van der Waals surface area contributed by atoms with E-state index in [2.05, 4.69) is 17.0 Å². The van der Waals surface area contributed by atoms with Gasteiger partial charge >= 0.3 is 0 Å². The maximum Gasteiger partial charge on any atom is 0.262 e. The zero-order valence-electron chi connectivity index (χ0n) is 19.1. The smallest absolute Gasteiger partial charge is 0.262 e. The summed E-state index contributed by atoms with van der Waals surface area (Å²) in [5.74, 6) is -0.0565. The van der Waals surface area contributed by atoms with Gasteiger partial charge in [-0.3, -0.25) is 14.5 Å². The molecule has 0 saturated carbocycles. The fourth-order valence-corrected chi connectivity index (χ4v) is 4.44. The minimum absolute atomic E-state index is 0.0600. The summed E-state index contributed by atoms with van der Waals surface area (Å²) in [4.78, 5) is 29.1. The van der Waals surface area contributed by atoms with Crippen LogP contribution >= 0.6 is 0 Å². The average molecular weight is 464 g/mol. The zero-order chi connectivity index (χ0) is 24.2. The first-order chi connectivity index (χ1) is 17.1. The van der Waals surface area contributed by atoms with Gasteiger partial charge in [-0.25, -0.2) is 0 Å². The number of rotatable bonds is 7. The summed E-state index contributed by atoms with van der Waals surface area (Å²) in [6, 6.07) is 35.1. The van der Waals surface area contributed by atoms with Gasteiger partial charge in [-0.2, -0.15) is 0 Å². The number of para-hydroxylation sites is 2. The molecule has 6 heteroatoms. The molecule has 0 unspecified atom stereocenters. The maximum absolute atomic E-state index is 13.9. The van der Waals surface area contributed by atoms with Crippen molar-refractivity contribution in [2.45, 2.75) is 12.7 Å². The molecule has 0 spiro atoms. The van der Waals surface area contributed by atoms with Crippen molar-refractivity contribution in [1.82, 2.24) is 0 Å². The van der Waals surface area contributed by atoms with Gasteiger partial charge in [-0.1, -0.05) is 72.8 Å². The Balaban J connectivity index is 1.63. The topological polar surface area (TPSA) is 75.9 Å². The Morgan fingerprint density at radius 1 is 0.800 bits per heavy atom. The molecular formula is C29H25N3O3. The van der Waals surface area contributed by atoms with Crippen LogP contribution in [0.1, 0.15) is 27.7 Å². The minimum Gasteiger partial charge on any atom is -0.484 e. The second-order valence-electron chi connectivity index (χ2n) is 8.34. The van der Waals surface area contributed by atoms with Crippen LogP contribution in [0.25, 0.3) is 0 Å². The van der Waals surface area contributed by atoms with Gasteiger partial charge in [0, 0.05) is 12.2 Å². The Morgan fingerprint density at radius 2 is 1.43 bits per heavy atom. The van der Waals surface area contributed by atoms with Crippen LogP contribution in [0.3, 0.4) is 0 Å². The number of hydrogen-bond donors (Lipinski definition) is 1. The molecule has 0 fully saturated rings. The molecule has 1 heterocycles. The van der Waals surface area contributed by atoms with Gasteiger partial charge in [-0.05, 0) is 47.5 Å². The lowest BCUT2D eigenvalue weighted by molar-refractivity contribution is -0.119. The molecule has 0 saturated heterocycles. The van der Waals surface area contributed by atoms with Crippen LogP contribution in [0, 0.1) is 0 Å². The molecule has 1 aliphatic heterocycles. The molecule has 0 aromatic heterocycles. The second-order valence-corrected chi connectivity index (χ2v) is 8.34. The lowest BCUT2D eigenvalue weighted by Gasteiger charge is -2.46. The van der Waals surface area contributed by atoms with E-state index in [0.717, 1.165) is 22.5 Å². The van der Waals surface area contributed by atoms with Crippen molar-refractivity contribution in [1.29, 1.82) is 0 Å². The Kier molecular flexibility index (Phi) is 6.18. The normalized spacial score (nSPS) is 15.0. The van der Waals surface area contributed by atoms with Crippen molar-refractivity contribution >= 4 is 23.2 Å². The first kappa shape index (κ1) is 22.2. The van der Waals surface area contributed by atoms with Crippen molar-refractivity contribution in [2.75, 3.05) is 16.4 Å². The molecule has 1 aliphatic rings. The van der Waals surface area contributed by atoms with Gasteiger partial charge in [0.15, 0.2) is 6.61 Å². The van der Waals surface area contributed by atoms with E-state index in [9.17, 15) is 9.59 Å². The standard InChI is InChI=1S/C29H25N3O3/c30-27(33)20-35-24-17-15-22(16-18-24)28-31(19-21-9-3-1-4-10-21)26-14-8-7-13-25(26)29(34)32(28)23-11-5-2-6-12-23/h1-18,28H,19-20H2,(H2,30,33)/t28-/m1/s1. The molecule has 4 aromatic rings. The van der Waals surface area contributed by atoms with Gasteiger partial charge < -0.3 is 15.4 Å². The van der Waals surface area contributed by atoms with E-state index >= 15 is 0 Å². The number of ether oxygens (including phenoxy) is 1. The molecule has 4 aromatic carbocycles. The van der Waals surface area contributed by atoms with Gasteiger partial charge in [-0.15, -0.1) is 0 Å². The largest absolute Gasteiger partial charge is 0.484 e. The van der Waals surface area contributed by atoms with E-state index in [4.69, 9.17) is 10.5 Å². The number of primary amides is 1. The van der Waals surface area contributed by atoms with E-state index in [1.165, 1.54) is 0 Å². The van der Waals surface area contributed by atoms with Crippen LogP contribution < -0.4 is 20.3 Å². The number of hydrogen-bond acceptors (Lipinski definition) is 4. The predicted molar refractivity (Wildman–Crippen MR) is 136 cm³/mol. The number of amides is 2. The third kappa shape index (κ3) is 4.59. The van der Waals surface area contributed by atoms with Gasteiger partial charge in [0.05, 0.1) is 11.3 Å². The van der Waals surface area contributed by atoms with Gasteiger partial charge in [0.2, 0.25) is 0 Å². The Morgan fingerprint density at radius 3 is 2.11 bits per heavy atom. The first-order valence-corrected chi connectivity index (χ1v) is 11.4. The molecule has 6 nitrogen and oxygen atoms in total. The van der Waals surface area contributed by atoms with Crippen LogP contribution in [0.4, 0.5) is 11.4 Å². The van der Waals surface area contributed by atoms with E-state index in [1.807, 2.05) is 89.8 Å². The fraction of sp³-hybridized carbons (Fsp3) is 0.103. The summed E-state index contributed by atoms with van der Waals surface area (Å²) in [6.45, 7) is 0.421. The molecule has 2 N–H and O–H groups in total. The van der Waals surface area contributed by atoms with E-state index in [1.54, 1.807) is 12.1 Å². The predicted octanol–water partition coefficient (Wildman–Crippen LogP) is 4.92. The van der Waals surface area contributed by atoms with Crippen LogP contribution in [0.5, 0.6) is 5.75 Å². The van der Waals surface area contributed by atoms with Crippen LogP contribution in [0.2, 0.25) is 0 Å². The highest BCUT2D eigenvalue weighted by atomic mass is 16.5.